The average Bonchev–Trinajstić information content (AvgIpc) is 3.28. The average molecular weight is 471 g/mol. The molecule has 0 bridgehead atoms. The molecule has 4 nitrogen and oxygen atoms in total. The number of pyridine rings is 1. The molecule has 0 radical (unpaired) electrons. The molecular weight excluding hydrogens is 448 g/mol. The second-order valence-corrected chi connectivity index (χ2v) is 7.60. The van der Waals surface area contributed by atoms with Crippen LogP contribution in [0.3, 0.4) is 0 Å². The van der Waals surface area contributed by atoms with Crippen LogP contribution in [-0.2, 0) is 12.4 Å². The largest absolute Gasteiger partial charge is 0.433 e. The molecule has 1 aliphatic carbocycles. The summed E-state index contributed by atoms with van der Waals surface area (Å²) in [6, 6.07) is 5.67. The fourth-order valence-corrected chi connectivity index (χ4v) is 3.27. The Hall–Kier alpha value is -2.69. The molecule has 0 aliphatic heterocycles. The van der Waals surface area contributed by atoms with Crippen LogP contribution >= 0.6 is 0 Å². The van der Waals surface area contributed by atoms with Gasteiger partial charge >= 0.3 is 12.4 Å². The normalized spacial score (nSPS) is 15.1. The third-order valence-corrected chi connectivity index (χ3v) is 5.05. The van der Waals surface area contributed by atoms with Crippen molar-refractivity contribution in [3.63, 3.8) is 0 Å². The van der Waals surface area contributed by atoms with Crippen LogP contribution in [0, 0.1) is 0 Å². The predicted molar refractivity (Wildman–Crippen MR) is 112 cm³/mol. The lowest BCUT2D eigenvalue weighted by atomic mass is 10.0. The number of allylic oxidation sites excluding steroid dienone is 3. The fourth-order valence-electron chi connectivity index (χ4n) is 3.27. The van der Waals surface area contributed by atoms with Crippen molar-refractivity contribution in [2.24, 2.45) is 0 Å². The van der Waals surface area contributed by atoms with Gasteiger partial charge in [0.15, 0.2) is 0 Å². The van der Waals surface area contributed by atoms with Crippen LogP contribution < -0.4 is 10.6 Å². The fraction of sp³-hybridized carbons (Fsp3) is 0.348. The molecule has 178 valence electrons. The molecular formula is C23H23F6N3O. The summed E-state index contributed by atoms with van der Waals surface area (Å²) < 4.78 is 78.3. The van der Waals surface area contributed by atoms with E-state index in [9.17, 15) is 31.4 Å². The van der Waals surface area contributed by atoms with Gasteiger partial charge in [-0.05, 0) is 36.2 Å². The summed E-state index contributed by atoms with van der Waals surface area (Å²) in [5, 5.41) is 16.6. The Kier molecular flexibility index (Phi) is 7.93. The van der Waals surface area contributed by atoms with E-state index in [0.29, 0.717) is 13.1 Å². The molecule has 0 unspecified atom stereocenters. The number of aliphatic hydroxyl groups is 1. The van der Waals surface area contributed by atoms with Crippen molar-refractivity contribution >= 4 is 0 Å². The number of nitrogens with zero attached hydrogens (tertiary/aromatic N) is 1. The maximum atomic E-state index is 13.3. The first-order valence-electron chi connectivity index (χ1n) is 10.2. The van der Waals surface area contributed by atoms with Crippen molar-refractivity contribution in [1.29, 1.82) is 0 Å². The topological polar surface area (TPSA) is 57.2 Å². The second-order valence-electron chi connectivity index (χ2n) is 7.60. The number of aliphatic hydroxyl groups excluding tert-OH is 1. The van der Waals surface area contributed by atoms with Crippen molar-refractivity contribution in [3.8, 4) is 11.3 Å². The Morgan fingerprint density at radius 2 is 1.64 bits per heavy atom. The third kappa shape index (κ3) is 7.15. The molecule has 1 atom stereocenters. The number of hydrogen-bond donors (Lipinski definition) is 3. The number of alkyl halides is 6. The van der Waals surface area contributed by atoms with Crippen LogP contribution in [0.15, 0.2) is 60.2 Å². The van der Waals surface area contributed by atoms with Crippen molar-refractivity contribution in [1.82, 2.24) is 15.6 Å². The standard InChI is InChI=1S/C23H23F6N3O/c24-22(25,26)18-7-5-16(6-8-18)19-11-17(12-21(32-19)23(27,28)29)20(33)14-31-10-9-30-13-15-3-1-2-4-15/h1-3,5-8,11-12,20,30-31,33H,4,9-10,13-14H2/t20-/m0/s1. The quantitative estimate of drug-likeness (QED) is 0.360. The molecule has 10 heteroatoms. The Labute approximate surface area is 187 Å². The van der Waals surface area contributed by atoms with Crippen molar-refractivity contribution in [2.75, 3.05) is 26.2 Å². The van der Waals surface area contributed by atoms with Gasteiger partial charge in [0.1, 0.15) is 5.69 Å². The van der Waals surface area contributed by atoms with E-state index in [0.717, 1.165) is 43.3 Å². The van der Waals surface area contributed by atoms with Gasteiger partial charge in [0.2, 0.25) is 0 Å². The van der Waals surface area contributed by atoms with E-state index in [1.807, 2.05) is 12.2 Å². The maximum absolute atomic E-state index is 13.3. The van der Waals surface area contributed by atoms with Gasteiger partial charge in [0, 0.05) is 31.7 Å². The molecule has 0 saturated carbocycles. The first-order chi connectivity index (χ1) is 15.5. The Balaban J connectivity index is 1.66. The van der Waals surface area contributed by atoms with Crippen LogP contribution in [0.2, 0.25) is 0 Å². The molecule has 0 fully saturated rings. The van der Waals surface area contributed by atoms with Crippen molar-refractivity contribution in [3.05, 3.63) is 77.0 Å². The highest BCUT2D eigenvalue weighted by atomic mass is 19.4. The molecule has 1 heterocycles. The van der Waals surface area contributed by atoms with Crippen LogP contribution in [0.1, 0.15) is 29.3 Å². The Morgan fingerprint density at radius 3 is 2.24 bits per heavy atom. The van der Waals surface area contributed by atoms with Gasteiger partial charge in [-0.3, -0.25) is 0 Å². The Morgan fingerprint density at radius 1 is 0.939 bits per heavy atom. The molecule has 0 spiro atoms. The summed E-state index contributed by atoms with van der Waals surface area (Å²) in [6.07, 6.45) is -3.64. The third-order valence-electron chi connectivity index (χ3n) is 5.05. The van der Waals surface area contributed by atoms with Crippen LogP contribution in [0.5, 0.6) is 0 Å². The van der Waals surface area contributed by atoms with E-state index in [1.54, 1.807) is 0 Å². The number of rotatable bonds is 9. The lowest BCUT2D eigenvalue weighted by Crippen LogP contribution is -2.31. The number of hydrogen-bond acceptors (Lipinski definition) is 4. The van der Waals surface area contributed by atoms with E-state index >= 15 is 0 Å². The number of nitrogens with one attached hydrogen (secondary N) is 2. The summed E-state index contributed by atoms with van der Waals surface area (Å²) in [5.74, 6) is 0. The summed E-state index contributed by atoms with van der Waals surface area (Å²) >= 11 is 0. The van der Waals surface area contributed by atoms with Gasteiger partial charge < -0.3 is 15.7 Å². The van der Waals surface area contributed by atoms with E-state index in [2.05, 4.69) is 21.7 Å². The van der Waals surface area contributed by atoms with E-state index in [1.165, 1.54) is 11.6 Å². The number of aromatic nitrogens is 1. The van der Waals surface area contributed by atoms with Crippen LogP contribution in [-0.4, -0.2) is 36.3 Å². The summed E-state index contributed by atoms with van der Waals surface area (Å²) in [4.78, 5) is 3.55. The summed E-state index contributed by atoms with van der Waals surface area (Å²) in [5.41, 5.74) is -1.02. The SMILES string of the molecule is O[C@@H](CNCCNCC1=CC=CC1)c1cc(-c2ccc(C(F)(F)F)cc2)nc(C(F)(F)F)c1. The maximum Gasteiger partial charge on any atom is 0.433 e. The molecule has 1 aromatic carbocycles. The summed E-state index contributed by atoms with van der Waals surface area (Å²) in [7, 11) is 0. The smallest absolute Gasteiger partial charge is 0.387 e. The zero-order valence-corrected chi connectivity index (χ0v) is 17.5. The first-order valence-corrected chi connectivity index (χ1v) is 10.2. The number of halogens is 6. The molecule has 0 amide bonds. The highest BCUT2D eigenvalue weighted by Gasteiger charge is 2.34. The van der Waals surface area contributed by atoms with Crippen LogP contribution in [0.4, 0.5) is 26.3 Å². The van der Waals surface area contributed by atoms with Crippen LogP contribution in [0.25, 0.3) is 11.3 Å². The highest BCUT2D eigenvalue weighted by Crippen LogP contribution is 2.34. The van der Waals surface area contributed by atoms with E-state index in [4.69, 9.17) is 0 Å². The van der Waals surface area contributed by atoms with Gasteiger partial charge in [-0.1, -0.05) is 35.9 Å². The second kappa shape index (κ2) is 10.5. The monoisotopic (exact) mass is 471 g/mol. The Bertz CT molecular complexity index is 997. The van der Waals surface area contributed by atoms with E-state index in [-0.39, 0.29) is 23.4 Å². The molecule has 1 aliphatic rings. The van der Waals surface area contributed by atoms with Gasteiger partial charge in [0.05, 0.1) is 17.4 Å². The van der Waals surface area contributed by atoms with Crippen molar-refractivity contribution in [2.45, 2.75) is 24.9 Å². The highest BCUT2D eigenvalue weighted by molar-refractivity contribution is 5.61. The number of benzene rings is 1. The lowest BCUT2D eigenvalue weighted by Gasteiger charge is -2.16. The molecule has 3 N–H and O–H groups in total. The minimum absolute atomic E-state index is 0.000304. The predicted octanol–water partition coefficient (Wildman–Crippen LogP) is 4.89. The molecule has 3 rings (SSSR count). The summed E-state index contributed by atoms with van der Waals surface area (Å²) in [6.45, 7) is 1.82. The first kappa shape index (κ1) is 24.9. The minimum atomic E-state index is -4.78. The van der Waals surface area contributed by atoms with Gasteiger partial charge in [-0.2, -0.15) is 26.3 Å². The zero-order valence-electron chi connectivity index (χ0n) is 17.5. The molecule has 2 aromatic rings. The van der Waals surface area contributed by atoms with Crippen molar-refractivity contribution < 1.29 is 31.4 Å². The molecule has 33 heavy (non-hydrogen) atoms. The molecule has 1 aromatic heterocycles. The zero-order chi connectivity index (χ0) is 24.1. The van der Waals surface area contributed by atoms with Gasteiger partial charge in [-0.15, -0.1) is 0 Å². The lowest BCUT2D eigenvalue weighted by molar-refractivity contribution is -0.141. The molecule has 0 saturated heterocycles. The van der Waals surface area contributed by atoms with Gasteiger partial charge in [-0.25, -0.2) is 4.98 Å². The minimum Gasteiger partial charge on any atom is -0.387 e. The van der Waals surface area contributed by atoms with Gasteiger partial charge in [0.25, 0.3) is 0 Å². The van der Waals surface area contributed by atoms with E-state index < -0.39 is 29.7 Å².